The molecule has 2 saturated heterocycles. The van der Waals surface area contributed by atoms with Gasteiger partial charge in [-0.15, -0.1) is 0 Å². The Hall–Kier alpha value is -2.10. The second-order valence-corrected chi connectivity index (χ2v) is 11.0. The normalized spacial score (nSPS) is 20.2. The molecular weight excluding hydrogens is 494 g/mol. The SMILES string of the molecule is COc1ccccc1N1CCN(C(=O)[C@@H]2CCCN(S(=O)(=O)c3ccc(Br)cc3)C2)CC1. The van der Waals surface area contributed by atoms with Crippen molar-refractivity contribution in [1.82, 2.24) is 9.21 Å². The summed E-state index contributed by atoms with van der Waals surface area (Å²) in [6.07, 6.45) is 1.41. The standard InChI is InChI=1S/C23H28BrN3O4S/c1-31-22-7-3-2-6-21(22)25-13-15-26(16-14-25)23(28)18-5-4-12-27(17-18)32(29,30)20-10-8-19(24)9-11-20/h2-3,6-11,18H,4-5,12-17H2,1H3/t18-/m1/s1. The second kappa shape index (κ2) is 9.80. The number of methoxy groups -OCH3 is 1. The monoisotopic (exact) mass is 521 g/mol. The Bertz CT molecular complexity index is 1050. The zero-order valence-electron chi connectivity index (χ0n) is 18.1. The minimum Gasteiger partial charge on any atom is -0.495 e. The number of benzene rings is 2. The van der Waals surface area contributed by atoms with Crippen LogP contribution in [-0.2, 0) is 14.8 Å². The molecule has 0 saturated carbocycles. The number of nitrogens with zero attached hydrogens (tertiary/aromatic N) is 3. The zero-order chi connectivity index (χ0) is 22.7. The van der Waals surface area contributed by atoms with E-state index in [-0.39, 0.29) is 23.3 Å². The quantitative estimate of drug-likeness (QED) is 0.604. The number of hydrogen-bond acceptors (Lipinski definition) is 5. The first kappa shape index (κ1) is 23.1. The smallest absolute Gasteiger partial charge is 0.243 e. The molecule has 9 heteroatoms. The van der Waals surface area contributed by atoms with Crippen LogP contribution in [0, 0.1) is 5.92 Å². The second-order valence-electron chi connectivity index (χ2n) is 8.14. The van der Waals surface area contributed by atoms with E-state index in [2.05, 4.69) is 20.8 Å². The summed E-state index contributed by atoms with van der Waals surface area (Å²) in [6, 6.07) is 14.5. The van der Waals surface area contributed by atoms with Crippen LogP contribution in [0.4, 0.5) is 5.69 Å². The van der Waals surface area contributed by atoms with Crippen molar-refractivity contribution in [3.05, 3.63) is 53.0 Å². The number of carbonyl (C=O) groups is 1. The van der Waals surface area contributed by atoms with Crippen LogP contribution in [0.15, 0.2) is 57.9 Å². The van der Waals surface area contributed by atoms with Crippen LogP contribution in [0.3, 0.4) is 0 Å². The number of ether oxygens (including phenoxy) is 1. The lowest BCUT2D eigenvalue weighted by Crippen LogP contribution is -2.53. The van der Waals surface area contributed by atoms with E-state index in [1.165, 1.54) is 4.31 Å². The van der Waals surface area contributed by atoms with Crippen LogP contribution >= 0.6 is 15.9 Å². The number of sulfonamides is 1. The van der Waals surface area contributed by atoms with Gasteiger partial charge in [0.15, 0.2) is 0 Å². The van der Waals surface area contributed by atoms with Gasteiger partial charge in [0.05, 0.1) is 23.6 Å². The minimum atomic E-state index is -3.61. The van der Waals surface area contributed by atoms with Gasteiger partial charge in [-0.25, -0.2) is 8.42 Å². The van der Waals surface area contributed by atoms with Gasteiger partial charge in [-0.05, 0) is 49.2 Å². The predicted molar refractivity (Wildman–Crippen MR) is 127 cm³/mol. The maximum absolute atomic E-state index is 13.2. The van der Waals surface area contributed by atoms with Gasteiger partial charge in [-0.3, -0.25) is 4.79 Å². The third kappa shape index (κ3) is 4.79. The molecule has 0 radical (unpaired) electrons. The first-order chi connectivity index (χ1) is 15.4. The van der Waals surface area contributed by atoms with Crippen molar-refractivity contribution in [3.8, 4) is 5.75 Å². The molecule has 7 nitrogen and oxygen atoms in total. The maximum atomic E-state index is 13.2. The minimum absolute atomic E-state index is 0.0559. The molecule has 2 aromatic carbocycles. The van der Waals surface area contributed by atoms with E-state index in [1.807, 2.05) is 29.2 Å². The molecule has 1 amide bonds. The lowest BCUT2D eigenvalue weighted by Gasteiger charge is -2.39. The number of amides is 1. The molecule has 0 bridgehead atoms. The molecule has 0 unspecified atom stereocenters. The van der Waals surface area contributed by atoms with E-state index in [4.69, 9.17) is 4.74 Å². The molecule has 4 rings (SSSR count). The predicted octanol–water partition coefficient (Wildman–Crippen LogP) is 3.21. The van der Waals surface area contributed by atoms with E-state index in [0.29, 0.717) is 26.1 Å². The largest absolute Gasteiger partial charge is 0.495 e. The first-order valence-electron chi connectivity index (χ1n) is 10.8. The Morgan fingerprint density at radius 3 is 2.38 bits per heavy atom. The molecule has 2 fully saturated rings. The highest BCUT2D eigenvalue weighted by Gasteiger charge is 2.36. The summed E-state index contributed by atoms with van der Waals surface area (Å²) >= 11 is 3.34. The Morgan fingerprint density at radius 1 is 1.00 bits per heavy atom. The van der Waals surface area contributed by atoms with E-state index >= 15 is 0 Å². The molecule has 2 aliphatic heterocycles. The van der Waals surface area contributed by atoms with Crippen molar-refractivity contribution < 1.29 is 17.9 Å². The number of piperazine rings is 1. The average molecular weight is 522 g/mol. The summed E-state index contributed by atoms with van der Waals surface area (Å²) < 4.78 is 33.9. The molecule has 1 atom stereocenters. The van der Waals surface area contributed by atoms with Gasteiger partial charge >= 0.3 is 0 Å². The molecule has 2 aromatic rings. The van der Waals surface area contributed by atoms with Gasteiger partial charge < -0.3 is 14.5 Å². The third-order valence-electron chi connectivity index (χ3n) is 6.20. The Morgan fingerprint density at radius 2 is 1.69 bits per heavy atom. The average Bonchev–Trinajstić information content (AvgIpc) is 2.84. The summed E-state index contributed by atoms with van der Waals surface area (Å²) in [6.45, 7) is 3.37. The maximum Gasteiger partial charge on any atom is 0.243 e. The Kier molecular flexibility index (Phi) is 7.07. The van der Waals surface area contributed by atoms with E-state index in [0.717, 1.165) is 35.4 Å². The molecule has 0 aliphatic carbocycles. The number of carbonyl (C=O) groups excluding carboxylic acids is 1. The highest BCUT2D eigenvalue weighted by Crippen LogP contribution is 2.30. The van der Waals surface area contributed by atoms with Crippen LogP contribution in [0.25, 0.3) is 0 Å². The number of anilines is 1. The van der Waals surface area contributed by atoms with E-state index in [1.54, 1.807) is 31.4 Å². The molecule has 2 heterocycles. The first-order valence-corrected chi connectivity index (χ1v) is 13.1. The molecule has 0 spiro atoms. The lowest BCUT2D eigenvalue weighted by atomic mass is 9.97. The zero-order valence-corrected chi connectivity index (χ0v) is 20.5. The van der Waals surface area contributed by atoms with Crippen molar-refractivity contribution in [2.75, 3.05) is 51.3 Å². The molecular formula is C23H28BrN3O4S. The van der Waals surface area contributed by atoms with E-state index < -0.39 is 10.0 Å². The van der Waals surface area contributed by atoms with Crippen molar-refractivity contribution in [1.29, 1.82) is 0 Å². The molecule has 2 aliphatic rings. The van der Waals surface area contributed by atoms with Crippen LogP contribution in [-0.4, -0.2) is 69.9 Å². The van der Waals surface area contributed by atoms with E-state index in [9.17, 15) is 13.2 Å². The van der Waals surface area contributed by atoms with Crippen molar-refractivity contribution >= 4 is 37.5 Å². The number of hydrogen-bond donors (Lipinski definition) is 0. The fourth-order valence-electron chi connectivity index (χ4n) is 4.43. The molecule has 0 N–H and O–H groups in total. The summed E-state index contributed by atoms with van der Waals surface area (Å²) in [5.41, 5.74) is 1.03. The fourth-order valence-corrected chi connectivity index (χ4v) is 6.22. The lowest BCUT2D eigenvalue weighted by molar-refractivity contribution is -0.137. The summed E-state index contributed by atoms with van der Waals surface area (Å²) in [7, 11) is -1.95. The molecule has 32 heavy (non-hydrogen) atoms. The van der Waals surface area contributed by atoms with Crippen molar-refractivity contribution in [3.63, 3.8) is 0 Å². The third-order valence-corrected chi connectivity index (χ3v) is 8.61. The molecule has 0 aromatic heterocycles. The van der Waals surface area contributed by atoms with Gasteiger partial charge in [0, 0.05) is 43.7 Å². The molecule has 172 valence electrons. The Balaban J connectivity index is 1.39. The number of halogens is 1. The van der Waals surface area contributed by atoms with Gasteiger partial charge in [0.1, 0.15) is 5.75 Å². The van der Waals surface area contributed by atoms with Gasteiger partial charge in [0.2, 0.25) is 15.9 Å². The van der Waals surface area contributed by atoms with Crippen LogP contribution in [0.5, 0.6) is 5.75 Å². The van der Waals surface area contributed by atoms with Gasteiger partial charge in [-0.2, -0.15) is 4.31 Å². The summed E-state index contributed by atoms with van der Waals surface area (Å²) in [4.78, 5) is 17.6. The summed E-state index contributed by atoms with van der Waals surface area (Å²) in [5.74, 6) is 0.584. The Labute approximate surface area is 198 Å². The highest BCUT2D eigenvalue weighted by atomic mass is 79.9. The number of rotatable bonds is 5. The topological polar surface area (TPSA) is 70.2 Å². The van der Waals surface area contributed by atoms with Crippen LogP contribution in [0.1, 0.15) is 12.8 Å². The van der Waals surface area contributed by atoms with Crippen LogP contribution < -0.4 is 9.64 Å². The highest BCUT2D eigenvalue weighted by molar-refractivity contribution is 9.10. The van der Waals surface area contributed by atoms with Crippen LogP contribution in [0.2, 0.25) is 0 Å². The summed E-state index contributed by atoms with van der Waals surface area (Å²) in [5, 5.41) is 0. The fraction of sp³-hybridized carbons (Fsp3) is 0.435. The number of piperidine rings is 1. The van der Waals surface area contributed by atoms with Crippen molar-refractivity contribution in [2.45, 2.75) is 17.7 Å². The van der Waals surface area contributed by atoms with Crippen molar-refractivity contribution in [2.24, 2.45) is 5.92 Å². The number of para-hydroxylation sites is 2. The van der Waals surface area contributed by atoms with Gasteiger partial charge in [0.25, 0.3) is 0 Å². The van der Waals surface area contributed by atoms with Gasteiger partial charge in [-0.1, -0.05) is 28.1 Å².